The van der Waals surface area contributed by atoms with Crippen molar-refractivity contribution < 1.29 is 9.53 Å². The smallest absolute Gasteiger partial charge is 0.407 e. The first-order valence-corrected chi connectivity index (χ1v) is 4.99. The maximum absolute atomic E-state index is 11.3. The van der Waals surface area contributed by atoms with Gasteiger partial charge in [0.2, 0.25) is 0 Å². The standard InChI is InChI=1S/C9H18N2O2S/c1-9(2,3)13-8(12)11-7(6-10)4-5-14/h5,7H,4,6,10H2,1-3H3,(H,11,12). The maximum atomic E-state index is 11.3. The van der Waals surface area contributed by atoms with E-state index in [2.05, 4.69) is 17.5 Å². The molecule has 0 radical (unpaired) electrons. The van der Waals surface area contributed by atoms with Crippen molar-refractivity contribution >= 4 is 23.7 Å². The minimum atomic E-state index is -0.485. The third-order valence-corrected chi connectivity index (χ3v) is 1.58. The molecule has 3 N–H and O–H groups in total. The second-order valence-electron chi connectivity index (χ2n) is 3.98. The number of nitrogens with two attached hydrogens (primary N) is 1. The Hall–Kier alpha value is -0.680. The van der Waals surface area contributed by atoms with Crippen LogP contribution >= 0.6 is 12.2 Å². The maximum Gasteiger partial charge on any atom is 0.407 e. The van der Waals surface area contributed by atoms with E-state index in [9.17, 15) is 4.79 Å². The molecule has 0 fully saturated rings. The minimum absolute atomic E-state index is 0.137. The number of hydrogen-bond donors (Lipinski definition) is 2. The largest absolute Gasteiger partial charge is 0.444 e. The van der Waals surface area contributed by atoms with Crippen molar-refractivity contribution in [2.75, 3.05) is 6.54 Å². The van der Waals surface area contributed by atoms with E-state index in [1.807, 2.05) is 20.8 Å². The lowest BCUT2D eigenvalue weighted by Gasteiger charge is -2.22. The summed E-state index contributed by atoms with van der Waals surface area (Å²) >= 11 is 4.68. The molecule has 0 aliphatic carbocycles. The van der Waals surface area contributed by atoms with Gasteiger partial charge in [-0.15, -0.1) is 0 Å². The Labute approximate surface area is 90.2 Å². The van der Waals surface area contributed by atoms with E-state index in [0.717, 1.165) is 0 Å². The summed E-state index contributed by atoms with van der Waals surface area (Å²) in [5, 5.41) is 4.19. The topological polar surface area (TPSA) is 64.3 Å². The molecule has 0 heterocycles. The second kappa shape index (κ2) is 5.93. The van der Waals surface area contributed by atoms with E-state index in [1.54, 1.807) is 5.37 Å². The summed E-state index contributed by atoms with van der Waals surface area (Å²) < 4.78 is 5.06. The Kier molecular flexibility index (Phi) is 5.64. The van der Waals surface area contributed by atoms with Crippen molar-refractivity contribution in [1.29, 1.82) is 0 Å². The highest BCUT2D eigenvalue weighted by atomic mass is 32.1. The highest BCUT2D eigenvalue weighted by Crippen LogP contribution is 2.06. The molecule has 14 heavy (non-hydrogen) atoms. The highest BCUT2D eigenvalue weighted by Gasteiger charge is 2.18. The van der Waals surface area contributed by atoms with E-state index >= 15 is 0 Å². The normalized spacial score (nSPS) is 13.1. The van der Waals surface area contributed by atoms with Gasteiger partial charge in [0.25, 0.3) is 0 Å². The van der Waals surface area contributed by atoms with Crippen LogP contribution in [0.3, 0.4) is 0 Å². The molecule has 0 saturated heterocycles. The monoisotopic (exact) mass is 218 g/mol. The van der Waals surface area contributed by atoms with Gasteiger partial charge in [-0.25, -0.2) is 4.79 Å². The van der Waals surface area contributed by atoms with Gasteiger partial charge in [-0.3, -0.25) is 0 Å². The van der Waals surface area contributed by atoms with Crippen LogP contribution in [0.1, 0.15) is 27.2 Å². The van der Waals surface area contributed by atoms with Crippen LogP contribution in [0.5, 0.6) is 0 Å². The average Bonchev–Trinajstić information content (AvgIpc) is 2.00. The number of carbonyl (C=O) groups excluding carboxylic acids is 1. The van der Waals surface area contributed by atoms with Crippen molar-refractivity contribution in [3.63, 3.8) is 0 Å². The predicted octanol–water partition coefficient (Wildman–Crippen LogP) is 1.23. The SMILES string of the molecule is CC(C)(C)OC(=O)NC(CN)CC=S. The molecular weight excluding hydrogens is 200 g/mol. The number of carbonyl (C=O) groups is 1. The lowest BCUT2D eigenvalue weighted by Crippen LogP contribution is -2.43. The third-order valence-electron chi connectivity index (χ3n) is 1.39. The first-order chi connectivity index (χ1) is 6.39. The summed E-state index contributed by atoms with van der Waals surface area (Å²) in [6, 6.07) is -0.137. The number of hydrogen-bond acceptors (Lipinski definition) is 4. The Morgan fingerprint density at radius 2 is 2.21 bits per heavy atom. The van der Waals surface area contributed by atoms with Gasteiger partial charge < -0.3 is 15.8 Å². The molecule has 0 spiro atoms. The van der Waals surface area contributed by atoms with Crippen molar-refractivity contribution in [1.82, 2.24) is 5.32 Å². The summed E-state index contributed by atoms with van der Waals surface area (Å²) in [5.74, 6) is 0. The highest BCUT2D eigenvalue weighted by molar-refractivity contribution is 7.78. The molecule has 82 valence electrons. The van der Waals surface area contributed by atoms with Gasteiger partial charge in [0.1, 0.15) is 5.60 Å². The molecule has 0 bridgehead atoms. The third kappa shape index (κ3) is 6.80. The zero-order valence-electron chi connectivity index (χ0n) is 8.87. The zero-order valence-corrected chi connectivity index (χ0v) is 9.69. The van der Waals surface area contributed by atoms with Gasteiger partial charge in [-0.05, 0) is 32.6 Å². The van der Waals surface area contributed by atoms with Crippen LogP contribution in [0.15, 0.2) is 0 Å². The number of rotatable bonds is 4. The van der Waals surface area contributed by atoms with E-state index in [-0.39, 0.29) is 6.04 Å². The van der Waals surface area contributed by atoms with Crippen LogP contribution in [0.4, 0.5) is 4.79 Å². The molecule has 0 rings (SSSR count). The van der Waals surface area contributed by atoms with E-state index in [1.165, 1.54) is 0 Å². The van der Waals surface area contributed by atoms with Gasteiger partial charge >= 0.3 is 6.09 Å². The quantitative estimate of drug-likeness (QED) is 0.697. The first-order valence-electron chi connectivity index (χ1n) is 4.52. The molecule has 0 aromatic heterocycles. The molecule has 0 aromatic rings. The minimum Gasteiger partial charge on any atom is -0.444 e. The number of alkyl carbamates (subject to hydrolysis) is 1. The van der Waals surface area contributed by atoms with Gasteiger partial charge in [0.05, 0.1) is 0 Å². The molecular formula is C9H18N2O2S. The fourth-order valence-electron chi connectivity index (χ4n) is 0.804. The average molecular weight is 218 g/mol. The number of thiocarbonyl (C=S) groups is 1. The van der Waals surface area contributed by atoms with E-state index < -0.39 is 11.7 Å². The van der Waals surface area contributed by atoms with Gasteiger partial charge in [0, 0.05) is 12.6 Å². The molecule has 1 atom stereocenters. The summed E-state index contributed by atoms with van der Waals surface area (Å²) in [5.41, 5.74) is 4.95. The Morgan fingerprint density at radius 3 is 2.57 bits per heavy atom. The first kappa shape index (κ1) is 13.3. The van der Waals surface area contributed by atoms with Crippen molar-refractivity contribution in [2.45, 2.75) is 38.8 Å². The van der Waals surface area contributed by atoms with E-state index in [4.69, 9.17) is 10.5 Å². The molecule has 0 aliphatic rings. The molecule has 5 heteroatoms. The van der Waals surface area contributed by atoms with Gasteiger partial charge in [-0.1, -0.05) is 12.2 Å². The molecule has 1 unspecified atom stereocenters. The summed E-state index contributed by atoms with van der Waals surface area (Å²) in [4.78, 5) is 11.3. The molecule has 0 saturated carbocycles. The second-order valence-corrected chi connectivity index (χ2v) is 4.31. The van der Waals surface area contributed by atoms with Gasteiger partial charge in [0.15, 0.2) is 0 Å². The van der Waals surface area contributed by atoms with Crippen LogP contribution in [-0.2, 0) is 4.74 Å². The molecule has 1 amide bonds. The van der Waals surface area contributed by atoms with Crippen LogP contribution < -0.4 is 11.1 Å². The summed E-state index contributed by atoms with van der Waals surface area (Å²) in [7, 11) is 0. The Bertz CT molecular complexity index is 201. The van der Waals surface area contributed by atoms with Crippen LogP contribution in [-0.4, -0.2) is 29.6 Å². The van der Waals surface area contributed by atoms with E-state index in [0.29, 0.717) is 13.0 Å². The zero-order chi connectivity index (χ0) is 11.2. The Balaban J connectivity index is 3.96. The van der Waals surface area contributed by atoms with Crippen molar-refractivity contribution in [3.8, 4) is 0 Å². The fraction of sp³-hybridized carbons (Fsp3) is 0.778. The lowest BCUT2D eigenvalue weighted by molar-refractivity contribution is 0.0508. The predicted molar refractivity (Wildman–Crippen MR) is 60.5 cm³/mol. The fourth-order valence-corrected chi connectivity index (χ4v) is 1.04. The van der Waals surface area contributed by atoms with Crippen LogP contribution in [0, 0.1) is 0 Å². The summed E-state index contributed by atoms with van der Waals surface area (Å²) in [6.45, 7) is 5.78. The summed E-state index contributed by atoms with van der Waals surface area (Å²) in [6.07, 6.45) is 0.121. The van der Waals surface area contributed by atoms with Crippen LogP contribution in [0.2, 0.25) is 0 Å². The van der Waals surface area contributed by atoms with Crippen LogP contribution in [0.25, 0.3) is 0 Å². The van der Waals surface area contributed by atoms with Crippen molar-refractivity contribution in [2.24, 2.45) is 5.73 Å². The van der Waals surface area contributed by atoms with Crippen molar-refractivity contribution in [3.05, 3.63) is 0 Å². The number of amides is 1. The number of nitrogens with one attached hydrogen (secondary N) is 1. The number of ether oxygens (including phenoxy) is 1. The molecule has 4 nitrogen and oxygen atoms in total. The molecule has 0 aromatic carbocycles. The molecule has 0 aliphatic heterocycles. The van der Waals surface area contributed by atoms with Gasteiger partial charge in [-0.2, -0.15) is 0 Å². The Morgan fingerprint density at radius 1 is 1.64 bits per heavy atom. The lowest BCUT2D eigenvalue weighted by atomic mass is 10.2.